The van der Waals surface area contributed by atoms with E-state index in [9.17, 15) is 4.79 Å². The normalized spacial score (nSPS) is 23.3. The number of piperazine rings is 1. The van der Waals surface area contributed by atoms with E-state index in [1.54, 1.807) is 0 Å². The minimum absolute atomic E-state index is 0.0373. The number of hydrogen-bond acceptors (Lipinski definition) is 6. The van der Waals surface area contributed by atoms with Crippen molar-refractivity contribution in [2.75, 3.05) is 58.8 Å². The van der Waals surface area contributed by atoms with Gasteiger partial charge in [-0.25, -0.2) is 9.97 Å². The Morgan fingerprint density at radius 1 is 1.15 bits per heavy atom. The molecule has 0 aromatic carbocycles. The number of nitrogens with zero attached hydrogens (tertiary/aromatic N) is 6. The molecule has 2 aliphatic heterocycles. The third kappa shape index (κ3) is 3.94. The van der Waals surface area contributed by atoms with Crippen LogP contribution in [0.4, 0.5) is 5.82 Å². The number of carbonyl (C=O) groups excluding carboxylic acids is 1. The van der Waals surface area contributed by atoms with Crippen LogP contribution >= 0.6 is 0 Å². The van der Waals surface area contributed by atoms with Gasteiger partial charge in [-0.3, -0.25) is 9.69 Å². The van der Waals surface area contributed by atoms with Crippen molar-refractivity contribution < 1.29 is 4.79 Å². The molecular formula is C20H34N6O. The predicted molar refractivity (Wildman–Crippen MR) is 108 cm³/mol. The van der Waals surface area contributed by atoms with Gasteiger partial charge >= 0.3 is 0 Å². The summed E-state index contributed by atoms with van der Waals surface area (Å²) in [7, 11) is 6.35. The Morgan fingerprint density at radius 2 is 1.85 bits per heavy atom. The van der Waals surface area contributed by atoms with Gasteiger partial charge in [0.2, 0.25) is 5.82 Å². The van der Waals surface area contributed by atoms with Crippen LogP contribution in [-0.4, -0.2) is 96.0 Å². The SMILES string of the molecule is Cc1nc(C(=O)N2CCN(C)C(C)(C)C2)nc(N2CC[C@@H](N(C)C)C2)c1C. The van der Waals surface area contributed by atoms with E-state index in [0.717, 1.165) is 49.7 Å². The van der Waals surface area contributed by atoms with Crippen LogP contribution in [0.5, 0.6) is 0 Å². The lowest BCUT2D eigenvalue weighted by Gasteiger charge is -2.45. The van der Waals surface area contributed by atoms with Crippen molar-refractivity contribution in [2.45, 2.75) is 45.7 Å². The Bertz CT molecular complexity index is 717. The lowest BCUT2D eigenvalue weighted by atomic mass is 9.99. The van der Waals surface area contributed by atoms with Gasteiger partial charge in [-0.05, 0) is 55.3 Å². The molecule has 0 bridgehead atoms. The molecule has 1 amide bonds. The van der Waals surface area contributed by atoms with Crippen LogP contribution in [-0.2, 0) is 0 Å². The first-order valence-electron chi connectivity index (χ1n) is 9.87. The van der Waals surface area contributed by atoms with E-state index in [1.807, 2.05) is 11.8 Å². The highest BCUT2D eigenvalue weighted by Gasteiger charge is 2.35. The lowest BCUT2D eigenvalue weighted by Crippen LogP contribution is -2.59. The van der Waals surface area contributed by atoms with Gasteiger partial charge in [0.25, 0.3) is 5.91 Å². The van der Waals surface area contributed by atoms with Crippen molar-refractivity contribution in [3.8, 4) is 0 Å². The summed E-state index contributed by atoms with van der Waals surface area (Å²) in [5.41, 5.74) is 1.93. The minimum atomic E-state index is -0.0520. The Hall–Kier alpha value is -1.73. The highest BCUT2D eigenvalue weighted by Crippen LogP contribution is 2.26. The largest absolute Gasteiger partial charge is 0.355 e. The molecule has 1 aromatic heterocycles. The summed E-state index contributed by atoms with van der Waals surface area (Å²) in [5.74, 6) is 1.20. The number of aryl methyl sites for hydroxylation is 1. The summed E-state index contributed by atoms with van der Waals surface area (Å²) in [4.78, 5) is 31.2. The quantitative estimate of drug-likeness (QED) is 0.797. The van der Waals surface area contributed by atoms with E-state index in [-0.39, 0.29) is 11.4 Å². The van der Waals surface area contributed by atoms with E-state index in [1.165, 1.54) is 0 Å². The molecular weight excluding hydrogens is 340 g/mol. The Labute approximate surface area is 163 Å². The number of anilines is 1. The molecule has 0 N–H and O–H groups in total. The van der Waals surface area contributed by atoms with Gasteiger partial charge < -0.3 is 14.7 Å². The van der Waals surface area contributed by atoms with Crippen molar-refractivity contribution in [1.82, 2.24) is 24.7 Å². The van der Waals surface area contributed by atoms with Gasteiger partial charge in [0.05, 0.1) is 0 Å². The molecule has 1 atom stereocenters. The van der Waals surface area contributed by atoms with Gasteiger partial charge in [0, 0.05) is 55.6 Å². The fourth-order valence-electron chi connectivity index (χ4n) is 3.93. The molecule has 1 aromatic rings. The third-order valence-corrected chi connectivity index (χ3v) is 6.35. The predicted octanol–water partition coefficient (Wildman–Crippen LogP) is 1.40. The molecule has 0 unspecified atom stereocenters. The molecule has 7 heteroatoms. The second-order valence-corrected chi connectivity index (χ2v) is 8.89. The number of rotatable bonds is 3. The summed E-state index contributed by atoms with van der Waals surface area (Å²) < 4.78 is 0. The zero-order chi connectivity index (χ0) is 19.9. The van der Waals surface area contributed by atoms with Crippen LogP contribution in [0.1, 0.15) is 42.1 Å². The number of aromatic nitrogens is 2. The molecule has 7 nitrogen and oxygen atoms in total. The first kappa shape index (κ1) is 20.0. The van der Waals surface area contributed by atoms with Crippen molar-refractivity contribution in [3.05, 3.63) is 17.1 Å². The molecule has 0 saturated carbocycles. The highest BCUT2D eigenvalue weighted by atomic mass is 16.2. The summed E-state index contributed by atoms with van der Waals surface area (Å²) in [6.07, 6.45) is 1.12. The average Bonchev–Trinajstić information content (AvgIpc) is 3.09. The highest BCUT2D eigenvalue weighted by molar-refractivity contribution is 5.91. The lowest BCUT2D eigenvalue weighted by molar-refractivity contribution is 0.0302. The van der Waals surface area contributed by atoms with Crippen molar-refractivity contribution >= 4 is 11.7 Å². The van der Waals surface area contributed by atoms with Gasteiger partial charge in [0.15, 0.2) is 0 Å². The standard InChI is InChI=1S/C20H34N6O/c1-14-15(2)21-17(19(27)26-11-10-24(7)20(3,4)13-26)22-18(14)25-9-8-16(12-25)23(5)6/h16H,8-13H2,1-7H3/t16-/m1/s1. The van der Waals surface area contributed by atoms with Crippen LogP contribution in [0, 0.1) is 13.8 Å². The van der Waals surface area contributed by atoms with Gasteiger partial charge in [0.1, 0.15) is 5.82 Å². The summed E-state index contributed by atoms with van der Waals surface area (Å²) in [6, 6.07) is 0.525. The van der Waals surface area contributed by atoms with Crippen LogP contribution in [0.3, 0.4) is 0 Å². The summed E-state index contributed by atoms with van der Waals surface area (Å²) in [6.45, 7) is 12.6. The first-order valence-corrected chi connectivity index (χ1v) is 9.87. The molecule has 0 radical (unpaired) electrons. The molecule has 2 aliphatic rings. The molecule has 3 heterocycles. The number of hydrogen-bond donors (Lipinski definition) is 0. The van der Waals surface area contributed by atoms with E-state index >= 15 is 0 Å². The Balaban J connectivity index is 1.85. The van der Waals surface area contributed by atoms with E-state index in [4.69, 9.17) is 4.98 Å². The Morgan fingerprint density at radius 3 is 2.44 bits per heavy atom. The molecule has 0 aliphatic carbocycles. The summed E-state index contributed by atoms with van der Waals surface area (Å²) in [5, 5.41) is 0. The van der Waals surface area contributed by atoms with Crippen LogP contribution in [0.15, 0.2) is 0 Å². The molecule has 0 spiro atoms. The van der Waals surface area contributed by atoms with Gasteiger partial charge in [-0.2, -0.15) is 0 Å². The fourth-order valence-corrected chi connectivity index (χ4v) is 3.93. The van der Waals surface area contributed by atoms with E-state index in [2.05, 4.69) is 61.6 Å². The molecule has 150 valence electrons. The minimum Gasteiger partial charge on any atom is -0.355 e. The zero-order valence-electron chi connectivity index (χ0n) is 17.9. The third-order valence-electron chi connectivity index (χ3n) is 6.35. The van der Waals surface area contributed by atoms with Crippen molar-refractivity contribution in [1.29, 1.82) is 0 Å². The van der Waals surface area contributed by atoms with Crippen LogP contribution in [0.2, 0.25) is 0 Å². The zero-order valence-corrected chi connectivity index (χ0v) is 17.9. The summed E-state index contributed by atoms with van der Waals surface area (Å²) >= 11 is 0. The second kappa shape index (κ2) is 7.36. The van der Waals surface area contributed by atoms with Crippen LogP contribution in [0.25, 0.3) is 0 Å². The number of likely N-dealkylation sites (N-methyl/N-ethyl adjacent to an activating group) is 2. The smallest absolute Gasteiger partial charge is 0.291 e. The molecule has 2 fully saturated rings. The van der Waals surface area contributed by atoms with Gasteiger partial charge in [-0.1, -0.05) is 0 Å². The number of amides is 1. The molecule has 27 heavy (non-hydrogen) atoms. The van der Waals surface area contributed by atoms with E-state index in [0.29, 0.717) is 18.4 Å². The van der Waals surface area contributed by atoms with E-state index < -0.39 is 0 Å². The number of carbonyl (C=O) groups is 1. The Kier molecular flexibility index (Phi) is 5.45. The maximum atomic E-state index is 13.2. The maximum absolute atomic E-state index is 13.2. The fraction of sp³-hybridized carbons (Fsp3) is 0.750. The monoisotopic (exact) mass is 374 g/mol. The van der Waals surface area contributed by atoms with Crippen molar-refractivity contribution in [2.24, 2.45) is 0 Å². The van der Waals surface area contributed by atoms with Gasteiger partial charge in [-0.15, -0.1) is 0 Å². The first-order chi connectivity index (χ1) is 12.6. The molecule has 2 saturated heterocycles. The van der Waals surface area contributed by atoms with Crippen molar-refractivity contribution in [3.63, 3.8) is 0 Å². The topological polar surface area (TPSA) is 55.8 Å². The second-order valence-electron chi connectivity index (χ2n) is 8.89. The molecule has 3 rings (SSSR count). The maximum Gasteiger partial charge on any atom is 0.291 e. The van der Waals surface area contributed by atoms with Crippen LogP contribution < -0.4 is 4.90 Å². The average molecular weight is 375 g/mol.